The van der Waals surface area contributed by atoms with Crippen molar-refractivity contribution in [1.29, 1.82) is 0 Å². The highest BCUT2D eigenvalue weighted by Crippen LogP contribution is 2.28. The van der Waals surface area contributed by atoms with E-state index in [1.54, 1.807) is 40.0 Å². The number of thioether (sulfide) groups is 2. The predicted molar refractivity (Wildman–Crippen MR) is 399 cm³/mol. The SMILES string of the molecule is CCCC[C@@H]1NC(=O)[C@@H]2CCCN2C(=O)[C@@H]2CSCc3cc(cc(c3)OCCCCCCON=CC(=O)N[C@@H](CCCN=C(N)N)C(=O)N2)CSC[C@@H](C(N)=O)NC(=O)[C@H](CCCCN)NC(=O)[C@H](C(C)C)NC(=O)[C@H](Cc2c[nH]c3ccccc23)NC(=O)[C@H]([C@@H](C)CC)NC(=O)[C@H](CC(=O)O)NC1=O. The van der Waals surface area contributed by atoms with Crippen LogP contribution in [0.25, 0.3) is 10.9 Å². The lowest BCUT2D eigenvalue weighted by molar-refractivity contribution is -0.143. The molecule has 1 aromatic heterocycles. The molecule has 11 amide bonds. The monoisotopic (exact) mass is 1500 g/mol. The van der Waals surface area contributed by atoms with Crippen LogP contribution in [0.5, 0.6) is 5.75 Å². The molecule has 0 spiro atoms. The molecule has 2 aromatic carbocycles. The number of carboxylic acids is 1. The van der Waals surface area contributed by atoms with Gasteiger partial charge in [0.15, 0.2) is 5.96 Å². The largest absolute Gasteiger partial charge is 0.494 e. The fourth-order valence-electron chi connectivity index (χ4n) is 12.3. The van der Waals surface area contributed by atoms with E-state index < -0.39 is 150 Å². The van der Waals surface area contributed by atoms with Crippen LogP contribution >= 0.6 is 23.5 Å². The van der Waals surface area contributed by atoms with Crippen molar-refractivity contribution in [3.05, 3.63) is 65.4 Å². The Hall–Kier alpha value is -9.18. The number of benzene rings is 2. The van der Waals surface area contributed by atoms with Gasteiger partial charge in [-0.2, -0.15) is 23.5 Å². The molecule has 34 heteroatoms. The van der Waals surface area contributed by atoms with E-state index in [0.29, 0.717) is 73.8 Å². The minimum Gasteiger partial charge on any atom is -0.494 e. The molecule has 11 atom stereocenters. The highest BCUT2D eigenvalue weighted by Gasteiger charge is 2.42. The first kappa shape index (κ1) is 84.8. The Labute approximate surface area is 620 Å². The van der Waals surface area contributed by atoms with Crippen molar-refractivity contribution in [2.75, 3.05) is 44.4 Å². The lowest BCUT2D eigenvalue weighted by atomic mass is 9.96. The zero-order valence-electron chi connectivity index (χ0n) is 60.6. The highest BCUT2D eigenvalue weighted by atomic mass is 32.2. The Morgan fingerprint density at radius 2 is 1.26 bits per heavy atom. The lowest BCUT2D eigenvalue weighted by Gasteiger charge is -2.31. The third-order valence-electron chi connectivity index (χ3n) is 18.3. The number of aliphatic imine (C=N–C) groups is 1. The number of nitrogens with zero attached hydrogens (tertiary/aromatic N) is 3. The summed E-state index contributed by atoms with van der Waals surface area (Å²) in [4.78, 5) is 186. The number of fused-ring (bicyclic) bond motifs is 7. The summed E-state index contributed by atoms with van der Waals surface area (Å²) in [5.41, 5.74) is 25.8. The van der Waals surface area contributed by atoms with Crippen LogP contribution in [0.3, 0.4) is 0 Å². The van der Waals surface area contributed by atoms with E-state index in [0.717, 1.165) is 30.2 Å². The highest BCUT2D eigenvalue weighted by molar-refractivity contribution is 7.98. The van der Waals surface area contributed by atoms with Crippen molar-refractivity contribution < 1.29 is 72.2 Å². The van der Waals surface area contributed by atoms with Gasteiger partial charge in [-0.15, -0.1) is 0 Å². The minimum absolute atomic E-state index is 0.000941. The van der Waals surface area contributed by atoms with Gasteiger partial charge in [-0.25, -0.2) is 0 Å². The third kappa shape index (κ3) is 27.7. The number of rotatable bonds is 19. The molecule has 32 nitrogen and oxygen atoms in total. The molecule has 19 N–H and O–H groups in total. The third-order valence-corrected chi connectivity index (χ3v) is 20.5. The van der Waals surface area contributed by atoms with Crippen molar-refractivity contribution >= 4 is 118 Å². The molecule has 6 rings (SSSR count). The fourth-order valence-corrected chi connectivity index (χ4v) is 14.3. The number of aromatic nitrogens is 1. The lowest BCUT2D eigenvalue weighted by Crippen LogP contribution is -2.62. The number of oxime groups is 1. The van der Waals surface area contributed by atoms with E-state index >= 15 is 4.79 Å². The summed E-state index contributed by atoms with van der Waals surface area (Å²) in [6, 6.07) is -1.01. The Balaban J connectivity index is 1.44. The molecule has 3 aliphatic heterocycles. The van der Waals surface area contributed by atoms with Gasteiger partial charge in [-0.05, 0) is 130 Å². The molecule has 1 saturated heterocycles. The first-order chi connectivity index (χ1) is 50.3. The van der Waals surface area contributed by atoms with E-state index in [2.05, 4.69) is 63.0 Å². The molecule has 0 unspecified atom stereocenters. The maximum absolute atomic E-state index is 15.3. The number of unbranched alkanes of at least 4 members (excludes halogenated alkanes) is 2. The molecule has 3 aromatic rings. The predicted octanol–water partition coefficient (Wildman–Crippen LogP) is 1.23. The van der Waals surface area contributed by atoms with E-state index in [-0.39, 0.29) is 100 Å². The molecule has 0 saturated carbocycles. The topological polar surface area (TPSA) is 500 Å². The Morgan fingerprint density at radius 1 is 0.657 bits per heavy atom. The van der Waals surface area contributed by atoms with E-state index in [4.69, 9.17) is 32.5 Å². The second-order valence-electron chi connectivity index (χ2n) is 27.0. The first-order valence-corrected chi connectivity index (χ1v) is 38.5. The number of aromatic amines is 1. The first-order valence-electron chi connectivity index (χ1n) is 36.2. The molecule has 105 heavy (non-hydrogen) atoms. The van der Waals surface area contributed by atoms with Crippen LogP contribution in [0.1, 0.15) is 154 Å². The van der Waals surface area contributed by atoms with Crippen LogP contribution in [0, 0.1) is 11.8 Å². The number of guanidine groups is 1. The quantitative estimate of drug-likeness (QED) is 0.0456. The number of hydrogen-bond donors (Lipinski definition) is 15. The summed E-state index contributed by atoms with van der Waals surface area (Å²) in [6.07, 6.45) is 6.92. The van der Waals surface area contributed by atoms with E-state index in [9.17, 15) is 57.8 Å². The molecular weight excluding hydrogens is 1400 g/mol. The van der Waals surface area contributed by atoms with Gasteiger partial charge in [0.05, 0.1) is 13.0 Å². The van der Waals surface area contributed by atoms with Gasteiger partial charge in [-0.3, -0.25) is 62.5 Å². The normalized spacial score (nSPS) is 24.5. The van der Waals surface area contributed by atoms with Crippen molar-refractivity contribution in [2.24, 2.45) is 44.9 Å². The van der Waals surface area contributed by atoms with E-state index in [1.165, 1.54) is 28.4 Å². The molecule has 1 fully saturated rings. The van der Waals surface area contributed by atoms with Crippen molar-refractivity contribution in [3.63, 3.8) is 0 Å². The number of nitrogens with one attached hydrogen (secondary N) is 10. The van der Waals surface area contributed by atoms with Crippen molar-refractivity contribution in [3.8, 4) is 5.75 Å². The van der Waals surface area contributed by atoms with Gasteiger partial charge in [0, 0.05) is 59.6 Å². The zero-order chi connectivity index (χ0) is 76.5. The number of aliphatic carboxylic acids is 1. The van der Waals surface area contributed by atoms with Crippen LogP contribution in [0.2, 0.25) is 0 Å². The second kappa shape index (κ2) is 43.9. The molecule has 0 aliphatic carbocycles. The zero-order valence-corrected chi connectivity index (χ0v) is 62.3. The number of amides is 11. The number of para-hydroxylation sites is 1. The summed E-state index contributed by atoms with van der Waals surface area (Å²) >= 11 is 2.55. The average molecular weight is 1500 g/mol. The number of H-pyrrole nitrogens is 1. The van der Waals surface area contributed by atoms with Crippen LogP contribution in [-0.2, 0) is 80.3 Å². The average Bonchev–Trinajstić information content (AvgIpc) is 1.81. The summed E-state index contributed by atoms with van der Waals surface area (Å²) in [5.74, 6) is -11.2. The maximum atomic E-state index is 15.3. The van der Waals surface area contributed by atoms with Crippen LogP contribution in [0.15, 0.2) is 58.8 Å². The van der Waals surface area contributed by atoms with Gasteiger partial charge >= 0.3 is 5.97 Å². The second-order valence-corrected chi connectivity index (χ2v) is 29.1. The molecule has 0 radical (unpaired) electrons. The number of hydrogen-bond acceptors (Lipinski definition) is 19. The maximum Gasteiger partial charge on any atom is 0.305 e. The summed E-state index contributed by atoms with van der Waals surface area (Å²) in [5, 5.41) is 39.3. The minimum atomic E-state index is -1.84. The smallest absolute Gasteiger partial charge is 0.305 e. The van der Waals surface area contributed by atoms with Gasteiger partial charge in [0.1, 0.15) is 79.0 Å². The number of nitrogens with two attached hydrogens (primary N) is 4. The van der Waals surface area contributed by atoms with Crippen molar-refractivity contribution in [2.45, 2.75) is 216 Å². The molecule has 578 valence electrons. The van der Waals surface area contributed by atoms with Crippen molar-refractivity contribution in [1.82, 2.24) is 57.7 Å². The summed E-state index contributed by atoms with van der Waals surface area (Å²) in [7, 11) is 0. The van der Waals surface area contributed by atoms with Gasteiger partial charge in [0.25, 0.3) is 5.91 Å². The summed E-state index contributed by atoms with van der Waals surface area (Å²) < 4.78 is 6.33. The fraction of sp³-hybridized carbons (Fsp3) is 0.606. The number of ether oxygens (including phenoxy) is 1. The number of carboxylic acid groups (broad SMARTS) is 1. The number of carbonyl (C=O) groups is 12. The van der Waals surface area contributed by atoms with Crippen LogP contribution < -0.4 is 75.5 Å². The van der Waals surface area contributed by atoms with Gasteiger partial charge in [-0.1, -0.05) is 83.3 Å². The Bertz CT molecular complexity index is 3520. The Kier molecular flexibility index (Phi) is 35.5. The molecule has 4 heterocycles. The number of carbonyl (C=O) groups excluding carboxylic acids is 11. The van der Waals surface area contributed by atoms with Gasteiger partial charge < -0.3 is 95.4 Å². The summed E-state index contributed by atoms with van der Waals surface area (Å²) in [6.45, 7) is 9.48. The van der Waals surface area contributed by atoms with Gasteiger partial charge in [0.2, 0.25) is 59.1 Å². The molecule has 4 bridgehead atoms. The number of primary amides is 1. The van der Waals surface area contributed by atoms with Crippen LogP contribution in [-0.4, -0.2) is 203 Å². The molecular formula is C71H107N17O15S2. The standard InChI is InChI=1S/C71H107N17O15S2/c1-6-8-20-50-63(94)82-53(34-58(90)91)66(97)87-60(42(5)7-2)69(100)83-52(33-45-35-77-48-21-12-11-19-47(45)48)65(96)86-59(41(3)4)68(99)81-51(22-13-14-25-72)64(95)84-54(61(73)92)39-104-37-43-30-44-32-46(31-43)102-28-15-9-10-16-29-103-78-36-57(89)79-49(23-17-26-76-71(74)75)62(93)85-55(40-105-38-44)70(101)88-27-18-24-56(88)67(98)80-50/h11-12,19,21,30-32,35-36,41-42,49-56,59-60,77H,6-10,13-18,20,22-29,33-34,37-40,72H2,1-5H3,(H2,73,92)(H,79,89)(H,80,98)(H,81,99)(H,82,94)(H,83,100)(H,84,95)(H,85,93)(H,86,96)(H,87,97)(H,90,91)(H4,74,75,76)/t42-,49-,50-,51-,52-,53-,54-,55-,56-,59-,60-/m0/s1. The van der Waals surface area contributed by atoms with Crippen LogP contribution in [0.4, 0.5) is 0 Å². The Morgan fingerprint density at radius 3 is 1.93 bits per heavy atom. The molecule has 3 aliphatic rings. The van der Waals surface area contributed by atoms with E-state index in [1.807, 2.05) is 43.3 Å².